The van der Waals surface area contributed by atoms with Gasteiger partial charge in [-0.3, -0.25) is 4.79 Å². The number of nitrogens with one attached hydrogen (secondary N) is 1. The predicted molar refractivity (Wildman–Crippen MR) is 91.3 cm³/mol. The Hall–Kier alpha value is -2.31. The second kappa shape index (κ2) is 8.21. The molecule has 0 spiro atoms. The van der Waals surface area contributed by atoms with Gasteiger partial charge in [0.1, 0.15) is 0 Å². The maximum atomic E-state index is 11.5. The highest BCUT2D eigenvalue weighted by Gasteiger charge is 2.08. The third kappa shape index (κ3) is 4.34. The monoisotopic (exact) mass is 294 g/mol. The summed E-state index contributed by atoms with van der Waals surface area (Å²) in [6.45, 7) is 2.52. The normalized spacial score (nSPS) is 11.5. The fraction of sp³-hybridized carbons (Fsp3) is 0.316. The molecule has 0 saturated carbocycles. The highest BCUT2D eigenvalue weighted by Crippen LogP contribution is 2.17. The topological polar surface area (TPSA) is 55.1 Å². The number of fused-ring (bicyclic) bond motifs is 1. The summed E-state index contributed by atoms with van der Waals surface area (Å²) in [5, 5.41) is 5.21. The first-order chi connectivity index (χ1) is 10.7. The number of carbonyl (C=O) groups is 1. The van der Waals surface area contributed by atoms with Crippen molar-refractivity contribution in [2.24, 2.45) is 5.73 Å². The molecule has 1 atom stereocenters. The van der Waals surface area contributed by atoms with Crippen LogP contribution < -0.4 is 11.1 Å². The fourth-order valence-corrected chi connectivity index (χ4v) is 2.20. The molecule has 3 N–H and O–H groups in total. The zero-order valence-corrected chi connectivity index (χ0v) is 12.9. The first-order valence-electron chi connectivity index (χ1n) is 7.72. The molecule has 0 aliphatic carbocycles. The van der Waals surface area contributed by atoms with Crippen molar-refractivity contribution in [1.29, 1.82) is 0 Å². The van der Waals surface area contributed by atoms with Gasteiger partial charge in [-0.2, -0.15) is 0 Å². The molecule has 22 heavy (non-hydrogen) atoms. The van der Waals surface area contributed by atoms with Gasteiger partial charge in [0.2, 0.25) is 5.91 Å². The zero-order chi connectivity index (χ0) is 15.8. The van der Waals surface area contributed by atoms with Crippen LogP contribution in [0, 0.1) is 11.8 Å². The number of amides is 1. The largest absolute Gasteiger partial charge is 0.355 e. The first kappa shape index (κ1) is 16.1. The van der Waals surface area contributed by atoms with Crippen molar-refractivity contribution in [3.63, 3.8) is 0 Å². The zero-order valence-electron chi connectivity index (χ0n) is 12.9. The van der Waals surface area contributed by atoms with Crippen LogP contribution in [0.4, 0.5) is 0 Å². The van der Waals surface area contributed by atoms with Crippen LogP contribution in [0.25, 0.3) is 10.8 Å². The summed E-state index contributed by atoms with van der Waals surface area (Å²) in [6.07, 6.45) is 2.25. The van der Waals surface area contributed by atoms with Crippen molar-refractivity contribution in [3.05, 3.63) is 48.0 Å². The maximum Gasteiger partial charge on any atom is 0.236 e. The lowest BCUT2D eigenvalue weighted by Crippen LogP contribution is -2.40. The molecule has 1 amide bonds. The van der Waals surface area contributed by atoms with E-state index in [1.165, 1.54) is 10.8 Å². The second-order valence-corrected chi connectivity index (χ2v) is 5.24. The highest BCUT2D eigenvalue weighted by atomic mass is 16.2. The molecule has 0 aliphatic rings. The Morgan fingerprint density at radius 1 is 1.23 bits per heavy atom. The van der Waals surface area contributed by atoms with E-state index in [0.717, 1.165) is 18.4 Å². The number of carbonyl (C=O) groups excluding carboxylic acids is 1. The molecule has 0 aliphatic heterocycles. The van der Waals surface area contributed by atoms with E-state index < -0.39 is 6.04 Å². The SMILES string of the molecule is CC[C@H](N)C(=O)NCCCC#Cc1cccc2ccccc12. The van der Waals surface area contributed by atoms with E-state index in [9.17, 15) is 4.79 Å². The summed E-state index contributed by atoms with van der Waals surface area (Å²) in [6, 6.07) is 14.0. The minimum absolute atomic E-state index is 0.0792. The summed E-state index contributed by atoms with van der Waals surface area (Å²) >= 11 is 0. The number of nitrogens with two attached hydrogens (primary N) is 1. The maximum absolute atomic E-state index is 11.5. The molecule has 2 aromatic rings. The number of hydrogen-bond acceptors (Lipinski definition) is 2. The van der Waals surface area contributed by atoms with Gasteiger partial charge in [0.25, 0.3) is 0 Å². The van der Waals surface area contributed by atoms with E-state index in [0.29, 0.717) is 13.0 Å². The quantitative estimate of drug-likeness (QED) is 0.658. The van der Waals surface area contributed by atoms with E-state index >= 15 is 0 Å². The summed E-state index contributed by atoms with van der Waals surface area (Å²) in [7, 11) is 0. The number of unbranched alkanes of at least 4 members (excludes halogenated alkanes) is 1. The van der Waals surface area contributed by atoms with Gasteiger partial charge < -0.3 is 11.1 Å². The molecule has 0 aromatic heterocycles. The van der Waals surface area contributed by atoms with Crippen molar-refractivity contribution in [2.75, 3.05) is 6.54 Å². The van der Waals surface area contributed by atoms with E-state index in [-0.39, 0.29) is 5.91 Å². The van der Waals surface area contributed by atoms with Crippen LogP contribution in [0.3, 0.4) is 0 Å². The van der Waals surface area contributed by atoms with Gasteiger partial charge in [0.15, 0.2) is 0 Å². The molecule has 2 rings (SSSR count). The Bertz CT molecular complexity index is 692. The Kier molecular flexibility index (Phi) is 6.00. The Balaban J connectivity index is 1.85. The van der Waals surface area contributed by atoms with Gasteiger partial charge in [-0.25, -0.2) is 0 Å². The molecule has 0 unspecified atom stereocenters. The predicted octanol–water partition coefficient (Wildman–Crippen LogP) is 2.83. The van der Waals surface area contributed by atoms with Crippen molar-refractivity contribution >= 4 is 16.7 Å². The molecule has 2 aromatic carbocycles. The minimum atomic E-state index is -0.401. The third-order valence-electron chi connectivity index (χ3n) is 3.57. The highest BCUT2D eigenvalue weighted by molar-refractivity contribution is 5.88. The summed E-state index contributed by atoms with van der Waals surface area (Å²) < 4.78 is 0. The number of hydrogen-bond donors (Lipinski definition) is 2. The molecule has 0 bridgehead atoms. The molecule has 3 heteroatoms. The molecular formula is C19H22N2O. The lowest BCUT2D eigenvalue weighted by molar-refractivity contribution is -0.122. The molecular weight excluding hydrogens is 272 g/mol. The van der Waals surface area contributed by atoms with Gasteiger partial charge in [-0.15, -0.1) is 0 Å². The van der Waals surface area contributed by atoms with Crippen molar-refractivity contribution in [1.82, 2.24) is 5.32 Å². The van der Waals surface area contributed by atoms with Crippen molar-refractivity contribution in [3.8, 4) is 11.8 Å². The fourth-order valence-electron chi connectivity index (χ4n) is 2.20. The summed E-state index contributed by atoms with van der Waals surface area (Å²) in [5.74, 6) is 6.32. The van der Waals surface area contributed by atoms with E-state index in [1.54, 1.807) is 0 Å². The van der Waals surface area contributed by atoms with Crippen LogP contribution in [0.5, 0.6) is 0 Å². The summed E-state index contributed by atoms with van der Waals surface area (Å²) in [4.78, 5) is 11.5. The molecule has 0 saturated heterocycles. The van der Waals surface area contributed by atoms with E-state index in [4.69, 9.17) is 5.73 Å². The van der Waals surface area contributed by atoms with E-state index in [1.807, 2.05) is 31.2 Å². The lowest BCUT2D eigenvalue weighted by atomic mass is 10.0. The number of benzene rings is 2. The van der Waals surface area contributed by atoms with E-state index in [2.05, 4.69) is 35.4 Å². The van der Waals surface area contributed by atoms with Crippen LogP contribution in [0.2, 0.25) is 0 Å². The lowest BCUT2D eigenvalue weighted by Gasteiger charge is -2.08. The Morgan fingerprint density at radius 2 is 2.00 bits per heavy atom. The van der Waals surface area contributed by atoms with Crippen molar-refractivity contribution in [2.45, 2.75) is 32.2 Å². The smallest absolute Gasteiger partial charge is 0.236 e. The van der Waals surface area contributed by atoms with Gasteiger partial charge in [0, 0.05) is 18.5 Å². The molecule has 0 heterocycles. The second-order valence-electron chi connectivity index (χ2n) is 5.24. The van der Waals surface area contributed by atoms with Crippen LogP contribution in [0.1, 0.15) is 31.7 Å². The average Bonchev–Trinajstić information content (AvgIpc) is 2.57. The summed E-state index contributed by atoms with van der Waals surface area (Å²) in [5.41, 5.74) is 6.70. The van der Waals surface area contributed by atoms with Gasteiger partial charge in [0.05, 0.1) is 6.04 Å². The van der Waals surface area contributed by atoms with Crippen LogP contribution in [-0.2, 0) is 4.79 Å². The molecule has 0 radical (unpaired) electrons. The standard InChI is InChI=1S/C19H22N2O/c1-2-18(20)19(22)21-14-7-3-4-9-15-11-8-12-16-10-5-6-13-17(15)16/h5-6,8,10-13,18H,2-3,7,14,20H2,1H3,(H,21,22)/t18-/m0/s1. The van der Waals surface area contributed by atoms with Gasteiger partial charge in [-0.1, -0.05) is 55.2 Å². The Labute approximate surface area is 131 Å². The molecule has 0 fully saturated rings. The average molecular weight is 294 g/mol. The first-order valence-corrected chi connectivity index (χ1v) is 7.72. The van der Waals surface area contributed by atoms with Crippen LogP contribution in [-0.4, -0.2) is 18.5 Å². The third-order valence-corrected chi connectivity index (χ3v) is 3.57. The minimum Gasteiger partial charge on any atom is -0.355 e. The van der Waals surface area contributed by atoms with Gasteiger partial charge in [-0.05, 0) is 29.7 Å². The molecule has 114 valence electrons. The molecule has 3 nitrogen and oxygen atoms in total. The van der Waals surface area contributed by atoms with Crippen LogP contribution in [0.15, 0.2) is 42.5 Å². The van der Waals surface area contributed by atoms with Gasteiger partial charge >= 0.3 is 0 Å². The van der Waals surface area contributed by atoms with Crippen molar-refractivity contribution < 1.29 is 4.79 Å². The van der Waals surface area contributed by atoms with Crippen LogP contribution >= 0.6 is 0 Å². The Morgan fingerprint density at radius 3 is 2.82 bits per heavy atom. The number of rotatable bonds is 5.